The predicted octanol–water partition coefficient (Wildman–Crippen LogP) is 0.904. The van der Waals surface area contributed by atoms with Crippen molar-refractivity contribution in [2.75, 3.05) is 0 Å². The number of thiophene rings is 1. The third kappa shape index (κ3) is 3.51. The molecule has 0 atom stereocenters. The van der Waals surface area contributed by atoms with Crippen molar-refractivity contribution in [3.8, 4) is 0 Å². The third-order valence-corrected chi connectivity index (χ3v) is 3.50. The minimum Gasteiger partial charge on any atom is -0.478 e. The quantitative estimate of drug-likeness (QED) is 0.798. The summed E-state index contributed by atoms with van der Waals surface area (Å²) in [5, 5.41) is 18.8. The van der Waals surface area contributed by atoms with Crippen LogP contribution < -0.4 is 5.32 Å². The van der Waals surface area contributed by atoms with E-state index < -0.39 is 5.97 Å². The van der Waals surface area contributed by atoms with E-state index in [1.54, 1.807) is 30.1 Å². The van der Waals surface area contributed by atoms with E-state index in [9.17, 15) is 9.59 Å². The Bertz CT molecular complexity index is 659. The van der Waals surface area contributed by atoms with E-state index in [2.05, 4.69) is 15.5 Å². The smallest absolute Gasteiger partial charge is 0.328 e. The van der Waals surface area contributed by atoms with E-state index >= 15 is 0 Å². The average molecular weight is 292 g/mol. The van der Waals surface area contributed by atoms with E-state index in [0.717, 1.165) is 6.08 Å². The molecule has 2 aromatic rings. The Hall–Kier alpha value is -2.48. The number of carboxylic acid groups (broad SMARTS) is 1. The van der Waals surface area contributed by atoms with Gasteiger partial charge >= 0.3 is 5.97 Å². The zero-order valence-corrected chi connectivity index (χ0v) is 11.4. The number of carbonyl (C=O) groups is 2. The number of amides is 1. The van der Waals surface area contributed by atoms with Gasteiger partial charge in [-0.3, -0.25) is 4.79 Å². The van der Waals surface area contributed by atoms with Gasteiger partial charge in [0.1, 0.15) is 6.33 Å². The molecule has 0 aliphatic carbocycles. The summed E-state index contributed by atoms with van der Waals surface area (Å²) in [6.45, 7) is 0.285. The van der Waals surface area contributed by atoms with E-state index in [1.807, 2.05) is 0 Å². The summed E-state index contributed by atoms with van der Waals surface area (Å²) in [6, 6.07) is 3.35. The monoisotopic (exact) mass is 292 g/mol. The van der Waals surface area contributed by atoms with Crippen LogP contribution in [0.3, 0.4) is 0 Å². The number of aromatic nitrogens is 3. The summed E-state index contributed by atoms with van der Waals surface area (Å²) < 4.78 is 1.72. The van der Waals surface area contributed by atoms with Crippen LogP contribution in [0.5, 0.6) is 0 Å². The first-order valence-corrected chi connectivity index (χ1v) is 6.50. The van der Waals surface area contributed by atoms with Crippen molar-refractivity contribution in [3.63, 3.8) is 0 Å². The number of aliphatic carboxylic acids is 1. The van der Waals surface area contributed by atoms with Gasteiger partial charge in [0.25, 0.3) is 5.91 Å². The Morgan fingerprint density at radius 1 is 1.50 bits per heavy atom. The van der Waals surface area contributed by atoms with Crippen LogP contribution in [0.15, 0.2) is 24.5 Å². The van der Waals surface area contributed by atoms with Crippen LogP contribution in [-0.2, 0) is 18.4 Å². The fourth-order valence-corrected chi connectivity index (χ4v) is 2.26. The van der Waals surface area contributed by atoms with E-state index in [0.29, 0.717) is 15.6 Å². The zero-order valence-electron chi connectivity index (χ0n) is 10.6. The first-order chi connectivity index (χ1) is 9.56. The summed E-state index contributed by atoms with van der Waals surface area (Å²) in [5.74, 6) is -0.597. The van der Waals surface area contributed by atoms with Crippen LogP contribution in [0.1, 0.15) is 20.4 Å². The summed E-state index contributed by atoms with van der Waals surface area (Å²) >= 11 is 1.22. The van der Waals surface area contributed by atoms with Gasteiger partial charge in [0.05, 0.1) is 11.4 Å². The molecule has 7 nitrogen and oxygen atoms in total. The summed E-state index contributed by atoms with van der Waals surface area (Å²) in [5.41, 5.74) is 0. The van der Waals surface area contributed by atoms with Gasteiger partial charge in [-0.1, -0.05) is 0 Å². The second-order valence-corrected chi connectivity index (χ2v) is 5.03. The minimum atomic E-state index is -1.02. The lowest BCUT2D eigenvalue weighted by atomic mass is 10.4. The number of hydrogen-bond donors (Lipinski definition) is 2. The van der Waals surface area contributed by atoms with Gasteiger partial charge in [-0.2, -0.15) is 0 Å². The molecule has 0 aliphatic rings. The summed E-state index contributed by atoms with van der Waals surface area (Å²) in [6.07, 6.45) is 4.04. The van der Waals surface area contributed by atoms with E-state index in [4.69, 9.17) is 5.11 Å². The van der Waals surface area contributed by atoms with Crippen LogP contribution in [0.25, 0.3) is 6.08 Å². The lowest BCUT2D eigenvalue weighted by Gasteiger charge is -2.02. The normalized spacial score (nSPS) is 10.8. The van der Waals surface area contributed by atoms with Gasteiger partial charge in [-0.05, 0) is 18.2 Å². The Kier molecular flexibility index (Phi) is 4.26. The number of hydrogen-bond acceptors (Lipinski definition) is 5. The largest absolute Gasteiger partial charge is 0.478 e. The molecule has 0 saturated heterocycles. The van der Waals surface area contributed by atoms with Crippen molar-refractivity contribution in [1.29, 1.82) is 0 Å². The van der Waals surface area contributed by atoms with Gasteiger partial charge < -0.3 is 15.0 Å². The van der Waals surface area contributed by atoms with Crippen molar-refractivity contribution in [3.05, 3.63) is 40.1 Å². The number of nitrogens with zero attached hydrogens (tertiary/aromatic N) is 3. The Morgan fingerprint density at radius 3 is 2.95 bits per heavy atom. The number of carbonyl (C=O) groups excluding carboxylic acids is 1. The standard InChI is InChI=1S/C12H12N4O3S/c1-16-7-14-15-10(16)6-13-12(19)9-4-2-8(20-9)3-5-11(17)18/h2-5,7H,6H2,1H3,(H,13,19)(H,17,18). The van der Waals surface area contributed by atoms with Gasteiger partial charge in [0.15, 0.2) is 5.82 Å². The number of nitrogens with one attached hydrogen (secondary N) is 1. The zero-order chi connectivity index (χ0) is 14.5. The molecule has 1 amide bonds. The maximum absolute atomic E-state index is 11.9. The van der Waals surface area contributed by atoms with E-state index in [1.165, 1.54) is 17.4 Å². The van der Waals surface area contributed by atoms with Crippen LogP contribution in [0.2, 0.25) is 0 Å². The molecule has 0 bridgehead atoms. The third-order valence-electron chi connectivity index (χ3n) is 2.45. The molecule has 20 heavy (non-hydrogen) atoms. The Labute approximate surface area is 118 Å². The SMILES string of the molecule is Cn1cnnc1CNC(=O)c1ccc(C=CC(=O)O)s1. The number of rotatable bonds is 5. The van der Waals surface area contributed by atoms with E-state index in [-0.39, 0.29) is 12.5 Å². The van der Waals surface area contributed by atoms with Crippen molar-refractivity contribution in [1.82, 2.24) is 20.1 Å². The highest BCUT2D eigenvalue weighted by molar-refractivity contribution is 7.14. The maximum atomic E-state index is 11.9. The topological polar surface area (TPSA) is 97.1 Å². The lowest BCUT2D eigenvalue weighted by Crippen LogP contribution is -2.23. The summed E-state index contributed by atoms with van der Waals surface area (Å²) in [4.78, 5) is 23.5. The molecule has 0 spiro atoms. The van der Waals surface area contributed by atoms with Crippen LogP contribution >= 0.6 is 11.3 Å². The molecule has 0 aliphatic heterocycles. The second kappa shape index (κ2) is 6.11. The predicted molar refractivity (Wildman–Crippen MR) is 73.2 cm³/mol. The second-order valence-electron chi connectivity index (χ2n) is 3.91. The van der Waals surface area contributed by atoms with Crippen molar-refractivity contribution in [2.24, 2.45) is 7.05 Å². The Balaban J connectivity index is 1.96. The molecular weight excluding hydrogens is 280 g/mol. The highest BCUT2D eigenvalue weighted by Crippen LogP contribution is 2.17. The first-order valence-electron chi connectivity index (χ1n) is 5.68. The van der Waals surface area contributed by atoms with Crippen molar-refractivity contribution < 1.29 is 14.7 Å². The molecule has 0 fully saturated rings. The molecule has 2 N–H and O–H groups in total. The molecule has 0 unspecified atom stereocenters. The van der Waals surface area contributed by atoms with Gasteiger partial charge in [0.2, 0.25) is 0 Å². The molecule has 0 saturated carbocycles. The van der Waals surface area contributed by atoms with Crippen LogP contribution in [0.4, 0.5) is 0 Å². The number of carboxylic acids is 1. The lowest BCUT2D eigenvalue weighted by molar-refractivity contribution is -0.131. The van der Waals surface area contributed by atoms with Crippen molar-refractivity contribution >= 4 is 29.3 Å². The summed E-state index contributed by atoms with van der Waals surface area (Å²) in [7, 11) is 1.79. The molecule has 104 valence electrons. The highest BCUT2D eigenvalue weighted by Gasteiger charge is 2.09. The molecule has 0 radical (unpaired) electrons. The molecule has 2 aromatic heterocycles. The fraction of sp³-hybridized carbons (Fsp3) is 0.167. The van der Waals surface area contributed by atoms with Gasteiger partial charge in [-0.15, -0.1) is 21.5 Å². The molecule has 2 rings (SSSR count). The van der Waals surface area contributed by atoms with Crippen LogP contribution in [0, 0.1) is 0 Å². The Morgan fingerprint density at radius 2 is 2.30 bits per heavy atom. The minimum absolute atomic E-state index is 0.229. The molecule has 2 heterocycles. The molecule has 0 aromatic carbocycles. The average Bonchev–Trinajstić information content (AvgIpc) is 3.02. The fourth-order valence-electron chi connectivity index (χ4n) is 1.43. The highest BCUT2D eigenvalue weighted by atomic mass is 32.1. The van der Waals surface area contributed by atoms with Gasteiger partial charge in [0, 0.05) is 18.0 Å². The van der Waals surface area contributed by atoms with Gasteiger partial charge in [-0.25, -0.2) is 4.79 Å². The molecular formula is C12H12N4O3S. The van der Waals surface area contributed by atoms with Crippen LogP contribution in [-0.4, -0.2) is 31.7 Å². The van der Waals surface area contributed by atoms with Crippen molar-refractivity contribution in [2.45, 2.75) is 6.54 Å². The maximum Gasteiger partial charge on any atom is 0.328 e. The number of aryl methyl sites for hydroxylation is 1. The first kappa shape index (κ1) is 13.9. The molecule has 8 heteroatoms.